The fraction of sp³-hybridized carbons (Fsp3) is 0.913. The van der Waals surface area contributed by atoms with E-state index < -0.39 is 0 Å². The lowest BCUT2D eigenvalue weighted by Crippen LogP contribution is -2.58. The summed E-state index contributed by atoms with van der Waals surface area (Å²) < 4.78 is 0. The van der Waals surface area contributed by atoms with Gasteiger partial charge in [-0.2, -0.15) is 0 Å². The number of unbranched alkanes of at least 4 members (excludes halogenated alkanes) is 11. The van der Waals surface area contributed by atoms with E-state index in [4.69, 9.17) is 0 Å². The normalized spacial score (nSPS) is 36.4. The number of nitrogens with one attached hydrogen (secondary N) is 1. The summed E-state index contributed by atoms with van der Waals surface area (Å²) >= 11 is 0. The highest BCUT2D eigenvalue weighted by atomic mass is 16.3. The average molecular weight is 725 g/mol. The number of rotatable bonds is 20. The highest BCUT2D eigenvalue weighted by Gasteiger charge is 2.62. The standard InChI is InChI=1S/C46H80N2O4/c1-5-6-7-8-9-10-11-12-13-14-15-16-17-18-19-20-43(52)48-30-27-36(33-48)47-42(51)24-21-34(2)38-22-23-39-44-40(26-29-46(38,39)4)45(3)28-25-37(49)31-35(45)32-41(44)50/h12-13,34-41,44,49-50H,5-11,14-33H2,1-4H3,(H,47,51). The van der Waals surface area contributed by atoms with E-state index in [1.807, 2.05) is 4.90 Å². The number of hydrogen-bond donors (Lipinski definition) is 3. The molecule has 5 fully saturated rings. The Hall–Kier alpha value is -1.40. The van der Waals surface area contributed by atoms with Crippen LogP contribution in [0.25, 0.3) is 0 Å². The second-order valence-electron chi connectivity index (χ2n) is 19.2. The van der Waals surface area contributed by atoms with Gasteiger partial charge in [0.05, 0.1) is 12.2 Å². The summed E-state index contributed by atoms with van der Waals surface area (Å²) in [5.74, 6) is 3.48. The number of allylic oxidation sites excluding steroid dienone is 2. The maximum Gasteiger partial charge on any atom is 0.222 e. The average Bonchev–Trinajstić information content (AvgIpc) is 3.73. The lowest BCUT2D eigenvalue weighted by molar-refractivity contribution is -0.174. The van der Waals surface area contributed by atoms with E-state index in [0.29, 0.717) is 54.9 Å². The fourth-order valence-electron chi connectivity index (χ4n) is 12.6. The molecule has 11 atom stereocenters. The molecule has 1 saturated heterocycles. The minimum Gasteiger partial charge on any atom is -0.393 e. The SMILES string of the molecule is CCCCCCCCC=CCCCCCCCC(=O)N1CCC(NC(=O)CCC(C)C2CCC3C4C(O)CC5CC(O)CCC5(C)C4CCC23C)C1. The topological polar surface area (TPSA) is 89.9 Å². The van der Waals surface area contributed by atoms with Crippen LogP contribution in [0.3, 0.4) is 0 Å². The smallest absolute Gasteiger partial charge is 0.222 e. The molecule has 3 N–H and O–H groups in total. The van der Waals surface area contributed by atoms with Crippen LogP contribution in [0.1, 0.15) is 188 Å². The van der Waals surface area contributed by atoms with Crippen molar-refractivity contribution in [2.75, 3.05) is 13.1 Å². The first kappa shape index (κ1) is 41.8. The third-order valence-corrected chi connectivity index (χ3v) is 15.8. The Morgan fingerprint density at radius 3 is 2.17 bits per heavy atom. The number of amides is 2. The zero-order valence-electron chi connectivity index (χ0n) is 34.1. The van der Waals surface area contributed by atoms with Crippen molar-refractivity contribution in [1.29, 1.82) is 0 Å². The van der Waals surface area contributed by atoms with Gasteiger partial charge in [-0.3, -0.25) is 9.59 Å². The Morgan fingerprint density at radius 2 is 1.44 bits per heavy atom. The number of carbonyl (C=O) groups is 2. The van der Waals surface area contributed by atoms with Gasteiger partial charge in [0.25, 0.3) is 0 Å². The first-order valence-corrected chi connectivity index (χ1v) is 22.6. The Balaban J connectivity index is 0.934. The molecule has 5 rings (SSSR count). The first-order valence-electron chi connectivity index (χ1n) is 22.6. The molecular formula is C46H80N2O4. The van der Waals surface area contributed by atoms with Crippen LogP contribution in [0.2, 0.25) is 0 Å². The number of fused-ring (bicyclic) bond motifs is 5. The molecule has 52 heavy (non-hydrogen) atoms. The van der Waals surface area contributed by atoms with E-state index in [1.54, 1.807) is 0 Å². The molecule has 4 aliphatic carbocycles. The Bertz CT molecular complexity index is 1140. The molecule has 6 heteroatoms. The van der Waals surface area contributed by atoms with Gasteiger partial charge in [0, 0.05) is 32.0 Å². The van der Waals surface area contributed by atoms with Crippen LogP contribution in [-0.2, 0) is 9.59 Å². The van der Waals surface area contributed by atoms with E-state index in [0.717, 1.165) is 57.9 Å². The van der Waals surface area contributed by atoms with Gasteiger partial charge in [0.15, 0.2) is 0 Å². The number of aliphatic hydroxyl groups excluding tert-OH is 2. The predicted octanol–water partition coefficient (Wildman–Crippen LogP) is 10.1. The maximum absolute atomic E-state index is 13.1. The Kier molecular flexibility index (Phi) is 16.0. The molecule has 0 radical (unpaired) electrons. The van der Waals surface area contributed by atoms with E-state index in [9.17, 15) is 19.8 Å². The summed E-state index contributed by atoms with van der Waals surface area (Å²) in [4.78, 5) is 28.0. The number of nitrogens with zero attached hydrogens (tertiary/aromatic N) is 1. The molecule has 1 heterocycles. The molecule has 1 aliphatic heterocycles. The van der Waals surface area contributed by atoms with Crippen LogP contribution in [-0.4, -0.2) is 58.3 Å². The molecule has 2 amide bonds. The van der Waals surface area contributed by atoms with Gasteiger partial charge in [-0.25, -0.2) is 0 Å². The summed E-state index contributed by atoms with van der Waals surface area (Å²) in [6.45, 7) is 11.1. The van der Waals surface area contributed by atoms with Gasteiger partial charge in [-0.05, 0) is 143 Å². The zero-order valence-corrected chi connectivity index (χ0v) is 34.1. The Labute approximate surface area is 319 Å². The van der Waals surface area contributed by atoms with E-state index in [2.05, 4.69) is 45.2 Å². The van der Waals surface area contributed by atoms with Gasteiger partial charge in [-0.1, -0.05) is 91.2 Å². The molecule has 11 unspecified atom stereocenters. The van der Waals surface area contributed by atoms with Crippen LogP contribution >= 0.6 is 0 Å². The van der Waals surface area contributed by atoms with Gasteiger partial charge in [0.1, 0.15) is 0 Å². The molecule has 0 aromatic heterocycles. The molecule has 4 saturated carbocycles. The predicted molar refractivity (Wildman–Crippen MR) is 214 cm³/mol. The molecule has 0 bridgehead atoms. The molecule has 0 aromatic rings. The third kappa shape index (κ3) is 10.5. The minimum atomic E-state index is -0.238. The van der Waals surface area contributed by atoms with Crippen molar-refractivity contribution in [1.82, 2.24) is 10.2 Å². The van der Waals surface area contributed by atoms with Crippen LogP contribution < -0.4 is 5.32 Å². The Morgan fingerprint density at radius 1 is 0.788 bits per heavy atom. The van der Waals surface area contributed by atoms with E-state index >= 15 is 0 Å². The molecule has 0 spiro atoms. The maximum atomic E-state index is 13.1. The van der Waals surface area contributed by atoms with Gasteiger partial charge in [-0.15, -0.1) is 0 Å². The van der Waals surface area contributed by atoms with E-state index in [-0.39, 0.29) is 40.9 Å². The zero-order chi connectivity index (χ0) is 37.1. The molecule has 6 nitrogen and oxygen atoms in total. The van der Waals surface area contributed by atoms with Crippen molar-refractivity contribution < 1.29 is 19.8 Å². The summed E-state index contributed by atoms with van der Waals surface area (Å²) in [6.07, 6.45) is 32.4. The number of aliphatic hydroxyl groups is 2. The second kappa shape index (κ2) is 20.0. The molecule has 0 aromatic carbocycles. The number of likely N-dealkylation sites (tertiary alicyclic amines) is 1. The van der Waals surface area contributed by atoms with Crippen molar-refractivity contribution in [3.63, 3.8) is 0 Å². The third-order valence-electron chi connectivity index (χ3n) is 15.8. The summed E-state index contributed by atoms with van der Waals surface area (Å²) in [6, 6.07) is 0.0865. The van der Waals surface area contributed by atoms with Crippen molar-refractivity contribution in [2.45, 2.75) is 206 Å². The second-order valence-corrected chi connectivity index (χ2v) is 19.2. The van der Waals surface area contributed by atoms with Crippen LogP contribution in [0, 0.1) is 46.3 Å². The van der Waals surface area contributed by atoms with Crippen molar-refractivity contribution in [3.05, 3.63) is 12.2 Å². The summed E-state index contributed by atoms with van der Waals surface area (Å²) in [5.41, 5.74) is 0.502. The largest absolute Gasteiger partial charge is 0.393 e. The van der Waals surface area contributed by atoms with Crippen LogP contribution in [0.4, 0.5) is 0 Å². The van der Waals surface area contributed by atoms with Gasteiger partial charge < -0.3 is 20.4 Å². The monoisotopic (exact) mass is 725 g/mol. The lowest BCUT2D eigenvalue weighted by atomic mass is 9.43. The summed E-state index contributed by atoms with van der Waals surface area (Å²) in [5, 5.41) is 25.3. The number of hydrogen-bond acceptors (Lipinski definition) is 4. The highest BCUT2D eigenvalue weighted by molar-refractivity contribution is 5.78. The molecule has 5 aliphatic rings. The first-order chi connectivity index (χ1) is 25.1. The van der Waals surface area contributed by atoms with Crippen molar-refractivity contribution in [3.8, 4) is 0 Å². The van der Waals surface area contributed by atoms with Crippen LogP contribution in [0.15, 0.2) is 12.2 Å². The molecular weight excluding hydrogens is 645 g/mol. The lowest BCUT2D eigenvalue weighted by Gasteiger charge is -2.62. The van der Waals surface area contributed by atoms with Crippen molar-refractivity contribution >= 4 is 11.8 Å². The van der Waals surface area contributed by atoms with Gasteiger partial charge in [0.2, 0.25) is 11.8 Å². The minimum absolute atomic E-state index is 0.0865. The van der Waals surface area contributed by atoms with Crippen LogP contribution in [0.5, 0.6) is 0 Å². The molecule has 298 valence electrons. The number of carbonyl (C=O) groups excluding carboxylic acids is 2. The van der Waals surface area contributed by atoms with Gasteiger partial charge >= 0.3 is 0 Å². The van der Waals surface area contributed by atoms with E-state index in [1.165, 1.54) is 96.3 Å². The highest BCUT2D eigenvalue weighted by Crippen LogP contribution is 2.68. The quantitative estimate of drug-likeness (QED) is 0.0862. The summed E-state index contributed by atoms with van der Waals surface area (Å²) in [7, 11) is 0. The fourth-order valence-corrected chi connectivity index (χ4v) is 12.6. The van der Waals surface area contributed by atoms with Crippen molar-refractivity contribution in [2.24, 2.45) is 46.3 Å².